The number of hydrogen-bond acceptors (Lipinski definition) is 4. The van der Waals surface area contributed by atoms with Crippen LogP contribution in [-0.2, 0) is 10.0 Å². The standard InChI is InChI=1S/C13H18FNO5S/c1-9(8-16)3-2-6-15-21(19,20)12-5-4-10(13(17)18)7-11(12)14/h4-5,7,9,15-16H,2-3,6,8H2,1H3,(H,17,18). The SMILES string of the molecule is CC(CO)CCCNS(=O)(=O)c1ccc(C(=O)O)cc1F. The fourth-order valence-electron chi connectivity index (χ4n) is 1.68. The van der Waals surface area contributed by atoms with Gasteiger partial charge in [-0.25, -0.2) is 22.3 Å². The van der Waals surface area contributed by atoms with E-state index in [0.29, 0.717) is 18.9 Å². The Morgan fingerprint density at radius 1 is 1.43 bits per heavy atom. The Labute approximate surface area is 122 Å². The van der Waals surface area contributed by atoms with E-state index < -0.39 is 26.7 Å². The van der Waals surface area contributed by atoms with E-state index in [4.69, 9.17) is 10.2 Å². The highest BCUT2D eigenvalue weighted by Crippen LogP contribution is 2.16. The summed E-state index contributed by atoms with van der Waals surface area (Å²) in [6.45, 7) is 1.98. The monoisotopic (exact) mass is 319 g/mol. The maximum Gasteiger partial charge on any atom is 0.335 e. The Balaban J connectivity index is 2.72. The van der Waals surface area contributed by atoms with Gasteiger partial charge in [0, 0.05) is 13.2 Å². The topological polar surface area (TPSA) is 104 Å². The first-order valence-electron chi connectivity index (χ1n) is 6.41. The molecule has 0 fully saturated rings. The minimum atomic E-state index is -4.02. The van der Waals surface area contributed by atoms with Crippen LogP contribution in [0.3, 0.4) is 0 Å². The van der Waals surface area contributed by atoms with Crippen molar-refractivity contribution in [2.75, 3.05) is 13.2 Å². The van der Waals surface area contributed by atoms with E-state index in [2.05, 4.69) is 4.72 Å². The Bertz CT molecular complexity index is 603. The van der Waals surface area contributed by atoms with Gasteiger partial charge in [-0.05, 0) is 37.0 Å². The van der Waals surface area contributed by atoms with Gasteiger partial charge in [-0.15, -0.1) is 0 Å². The molecule has 1 aromatic rings. The molecule has 1 rings (SSSR count). The third-order valence-electron chi connectivity index (χ3n) is 2.95. The van der Waals surface area contributed by atoms with Gasteiger partial charge < -0.3 is 10.2 Å². The van der Waals surface area contributed by atoms with Crippen molar-refractivity contribution >= 4 is 16.0 Å². The molecule has 0 aliphatic rings. The predicted octanol–water partition coefficient (Wildman–Crippen LogP) is 1.21. The summed E-state index contributed by atoms with van der Waals surface area (Å²) in [7, 11) is -4.02. The molecule has 0 radical (unpaired) electrons. The minimum absolute atomic E-state index is 0.0258. The van der Waals surface area contributed by atoms with Crippen LogP contribution in [0.5, 0.6) is 0 Å². The number of carboxylic acids is 1. The molecule has 118 valence electrons. The van der Waals surface area contributed by atoms with E-state index in [0.717, 1.165) is 12.1 Å². The smallest absolute Gasteiger partial charge is 0.335 e. The number of hydrogen-bond donors (Lipinski definition) is 3. The van der Waals surface area contributed by atoms with Crippen LogP contribution in [0.4, 0.5) is 4.39 Å². The quantitative estimate of drug-likeness (QED) is 0.625. The summed E-state index contributed by atoms with van der Waals surface area (Å²) >= 11 is 0. The third kappa shape index (κ3) is 5.07. The number of benzene rings is 1. The average Bonchev–Trinajstić information content (AvgIpc) is 2.42. The third-order valence-corrected chi connectivity index (χ3v) is 4.44. The zero-order chi connectivity index (χ0) is 16.0. The van der Waals surface area contributed by atoms with Crippen molar-refractivity contribution in [1.29, 1.82) is 0 Å². The highest BCUT2D eigenvalue weighted by molar-refractivity contribution is 7.89. The number of aliphatic hydroxyl groups excluding tert-OH is 1. The summed E-state index contributed by atoms with van der Waals surface area (Å²) in [5, 5.41) is 17.5. The second kappa shape index (κ2) is 7.48. The maximum atomic E-state index is 13.7. The van der Waals surface area contributed by atoms with Gasteiger partial charge in [0.05, 0.1) is 5.56 Å². The summed E-state index contributed by atoms with van der Waals surface area (Å²) in [6.07, 6.45) is 1.15. The number of aliphatic hydroxyl groups is 1. The number of rotatable bonds is 8. The molecule has 21 heavy (non-hydrogen) atoms. The summed E-state index contributed by atoms with van der Waals surface area (Å²) in [6, 6.07) is 2.63. The van der Waals surface area contributed by atoms with E-state index in [1.54, 1.807) is 0 Å². The molecule has 0 aliphatic heterocycles. The second-order valence-electron chi connectivity index (χ2n) is 4.78. The van der Waals surface area contributed by atoms with Gasteiger partial charge in [-0.2, -0.15) is 0 Å². The Morgan fingerprint density at radius 3 is 2.62 bits per heavy atom. The summed E-state index contributed by atoms with van der Waals surface area (Å²) in [5.41, 5.74) is -0.316. The van der Waals surface area contributed by atoms with Gasteiger partial charge in [-0.1, -0.05) is 6.92 Å². The van der Waals surface area contributed by atoms with Crippen molar-refractivity contribution in [2.24, 2.45) is 5.92 Å². The molecule has 0 saturated heterocycles. The summed E-state index contributed by atoms with van der Waals surface area (Å²) in [5.74, 6) is -2.36. The largest absolute Gasteiger partial charge is 0.478 e. The lowest BCUT2D eigenvalue weighted by molar-refractivity contribution is 0.0696. The lowest BCUT2D eigenvalue weighted by Gasteiger charge is -2.10. The molecule has 0 aliphatic carbocycles. The van der Waals surface area contributed by atoms with Crippen molar-refractivity contribution in [3.63, 3.8) is 0 Å². The number of aromatic carboxylic acids is 1. The first kappa shape index (κ1) is 17.5. The minimum Gasteiger partial charge on any atom is -0.478 e. The Kier molecular flexibility index (Phi) is 6.25. The van der Waals surface area contributed by atoms with Crippen molar-refractivity contribution in [2.45, 2.75) is 24.7 Å². The van der Waals surface area contributed by atoms with E-state index >= 15 is 0 Å². The lowest BCUT2D eigenvalue weighted by Crippen LogP contribution is -2.26. The number of carbonyl (C=O) groups is 1. The van der Waals surface area contributed by atoms with E-state index in [1.165, 1.54) is 0 Å². The molecule has 8 heteroatoms. The highest BCUT2D eigenvalue weighted by atomic mass is 32.2. The summed E-state index contributed by atoms with van der Waals surface area (Å²) < 4.78 is 39.7. The van der Waals surface area contributed by atoms with Gasteiger partial charge in [0.2, 0.25) is 10.0 Å². The first-order valence-corrected chi connectivity index (χ1v) is 7.89. The van der Waals surface area contributed by atoms with Gasteiger partial charge >= 0.3 is 5.97 Å². The molecular formula is C13H18FNO5S. The Hall–Kier alpha value is -1.51. The van der Waals surface area contributed by atoms with Crippen LogP contribution in [0.15, 0.2) is 23.1 Å². The van der Waals surface area contributed by atoms with Crippen LogP contribution in [-0.4, -0.2) is 37.8 Å². The molecule has 3 N–H and O–H groups in total. The highest BCUT2D eigenvalue weighted by Gasteiger charge is 2.20. The lowest BCUT2D eigenvalue weighted by atomic mass is 10.1. The molecule has 0 amide bonds. The van der Waals surface area contributed by atoms with E-state index in [1.807, 2.05) is 6.92 Å². The zero-order valence-corrected chi connectivity index (χ0v) is 12.4. The number of sulfonamides is 1. The average molecular weight is 319 g/mol. The molecular weight excluding hydrogens is 301 g/mol. The van der Waals surface area contributed by atoms with E-state index in [-0.39, 0.29) is 24.6 Å². The van der Waals surface area contributed by atoms with Crippen molar-refractivity contribution in [3.8, 4) is 0 Å². The molecule has 0 heterocycles. The van der Waals surface area contributed by atoms with Gasteiger partial charge in [0.25, 0.3) is 0 Å². The van der Waals surface area contributed by atoms with Crippen molar-refractivity contribution < 1.29 is 27.8 Å². The van der Waals surface area contributed by atoms with Crippen LogP contribution in [0.1, 0.15) is 30.1 Å². The summed E-state index contributed by atoms with van der Waals surface area (Å²) in [4.78, 5) is 10.1. The zero-order valence-electron chi connectivity index (χ0n) is 11.5. The Morgan fingerprint density at radius 2 is 2.10 bits per heavy atom. The first-order chi connectivity index (χ1) is 9.77. The predicted molar refractivity (Wildman–Crippen MR) is 74.0 cm³/mol. The molecule has 1 aromatic carbocycles. The molecule has 0 saturated carbocycles. The van der Waals surface area contributed by atoms with E-state index in [9.17, 15) is 17.6 Å². The number of halogens is 1. The van der Waals surface area contributed by atoms with Crippen LogP contribution < -0.4 is 4.72 Å². The van der Waals surface area contributed by atoms with Gasteiger partial charge in [0.15, 0.2) is 0 Å². The number of nitrogens with one attached hydrogen (secondary N) is 1. The molecule has 1 atom stereocenters. The van der Waals surface area contributed by atoms with Crippen LogP contribution in [0.2, 0.25) is 0 Å². The normalized spacial score (nSPS) is 13.1. The van der Waals surface area contributed by atoms with Crippen molar-refractivity contribution in [3.05, 3.63) is 29.6 Å². The van der Waals surface area contributed by atoms with Crippen LogP contribution >= 0.6 is 0 Å². The van der Waals surface area contributed by atoms with Gasteiger partial charge in [0.1, 0.15) is 10.7 Å². The molecule has 0 aromatic heterocycles. The molecule has 6 nitrogen and oxygen atoms in total. The fourth-order valence-corrected chi connectivity index (χ4v) is 2.81. The molecule has 0 bridgehead atoms. The second-order valence-corrected chi connectivity index (χ2v) is 6.51. The number of carboxylic acid groups (broad SMARTS) is 1. The van der Waals surface area contributed by atoms with Crippen LogP contribution in [0.25, 0.3) is 0 Å². The van der Waals surface area contributed by atoms with Gasteiger partial charge in [-0.3, -0.25) is 0 Å². The molecule has 0 spiro atoms. The molecule has 1 unspecified atom stereocenters. The van der Waals surface area contributed by atoms with Crippen LogP contribution in [0, 0.1) is 11.7 Å². The fraction of sp³-hybridized carbons (Fsp3) is 0.462. The maximum absolute atomic E-state index is 13.7. The van der Waals surface area contributed by atoms with Crippen molar-refractivity contribution in [1.82, 2.24) is 4.72 Å².